The van der Waals surface area contributed by atoms with Crippen LogP contribution in [0.1, 0.15) is 58.3 Å². The fraction of sp³-hybridized carbons (Fsp3) is 1.00. The average Bonchev–Trinajstić information content (AvgIpc) is 2.96. The minimum Gasteiger partial charge on any atom is -0.313 e. The molecule has 0 saturated carbocycles. The zero-order chi connectivity index (χ0) is 14.2. The third-order valence-corrected chi connectivity index (χ3v) is 5.17. The summed E-state index contributed by atoms with van der Waals surface area (Å²) in [6, 6.07) is 1.60. The Morgan fingerprint density at radius 3 is 2.75 bits per heavy atom. The summed E-state index contributed by atoms with van der Waals surface area (Å²) in [5.74, 6) is 0. The maximum Gasteiger partial charge on any atom is 0.0195 e. The summed E-state index contributed by atoms with van der Waals surface area (Å²) in [6.07, 6.45) is 11.0. The van der Waals surface area contributed by atoms with Gasteiger partial charge in [0.25, 0.3) is 0 Å². The molecule has 2 unspecified atom stereocenters. The van der Waals surface area contributed by atoms with Crippen LogP contribution in [0.3, 0.4) is 0 Å². The van der Waals surface area contributed by atoms with Crippen LogP contribution in [0.2, 0.25) is 0 Å². The van der Waals surface area contributed by atoms with Crippen LogP contribution >= 0.6 is 0 Å². The number of unbranched alkanes of at least 4 members (excludes halogenated alkanes) is 1. The first kappa shape index (κ1) is 16.3. The maximum atomic E-state index is 3.66. The van der Waals surface area contributed by atoms with Crippen LogP contribution in [0.5, 0.6) is 0 Å². The van der Waals surface area contributed by atoms with E-state index in [1.54, 1.807) is 0 Å². The molecule has 118 valence electrons. The number of piperidine rings is 1. The number of hydrogen-bond acceptors (Lipinski definition) is 3. The van der Waals surface area contributed by atoms with E-state index < -0.39 is 0 Å². The van der Waals surface area contributed by atoms with Gasteiger partial charge in [-0.15, -0.1) is 0 Å². The van der Waals surface area contributed by atoms with Crippen LogP contribution < -0.4 is 5.32 Å². The second-order valence-corrected chi connectivity index (χ2v) is 6.87. The summed E-state index contributed by atoms with van der Waals surface area (Å²) in [4.78, 5) is 5.32. The zero-order valence-electron chi connectivity index (χ0n) is 13.7. The molecule has 1 N–H and O–H groups in total. The summed E-state index contributed by atoms with van der Waals surface area (Å²) in [6.45, 7) is 8.72. The lowest BCUT2D eigenvalue weighted by atomic mass is 10.00. The smallest absolute Gasteiger partial charge is 0.0195 e. The van der Waals surface area contributed by atoms with Gasteiger partial charge in [0.05, 0.1) is 0 Å². The largest absolute Gasteiger partial charge is 0.313 e. The molecule has 2 atom stereocenters. The molecular formula is C17H35N3. The third kappa shape index (κ3) is 5.34. The Balaban J connectivity index is 1.73. The van der Waals surface area contributed by atoms with E-state index in [0.717, 1.165) is 12.1 Å². The normalized spacial score (nSPS) is 28.4. The molecule has 2 rings (SSSR count). The molecule has 0 amide bonds. The van der Waals surface area contributed by atoms with E-state index >= 15 is 0 Å². The lowest BCUT2D eigenvalue weighted by molar-refractivity contribution is 0.149. The van der Waals surface area contributed by atoms with Gasteiger partial charge in [-0.2, -0.15) is 0 Å². The Morgan fingerprint density at radius 1 is 1.15 bits per heavy atom. The van der Waals surface area contributed by atoms with Crippen LogP contribution in [0.25, 0.3) is 0 Å². The summed E-state index contributed by atoms with van der Waals surface area (Å²) >= 11 is 0. The Labute approximate surface area is 126 Å². The molecule has 0 aromatic heterocycles. The van der Waals surface area contributed by atoms with Crippen molar-refractivity contribution in [3.8, 4) is 0 Å². The maximum absolute atomic E-state index is 3.66. The molecule has 2 fully saturated rings. The molecule has 2 heterocycles. The zero-order valence-corrected chi connectivity index (χ0v) is 13.7. The molecule has 3 nitrogen and oxygen atoms in total. The van der Waals surface area contributed by atoms with Crippen molar-refractivity contribution in [3.63, 3.8) is 0 Å². The molecule has 0 aromatic rings. The highest BCUT2D eigenvalue weighted by atomic mass is 15.2. The van der Waals surface area contributed by atoms with Crippen molar-refractivity contribution < 1.29 is 0 Å². The number of rotatable bonds is 8. The van der Waals surface area contributed by atoms with Crippen LogP contribution in [0.15, 0.2) is 0 Å². The van der Waals surface area contributed by atoms with Gasteiger partial charge < -0.3 is 15.1 Å². The van der Waals surface area contributed by atoms with Crippen LogP contribution in [-0.2, 0) is 0 Å². The second kappa shape index (κ2) is 9.01. The predicted molar refractivity (Wildman–Crippen MR) is 87.3 cm³/mol. The topological polar surface area (TPSA) is 18.5 Å². The third-order valence-electron chi connectivity index (χ3n) is 5.17. The van der Waals surface area contributed by atoms with Gasteiger partial charge >= 0.3 is 0 Å². The molecule has 0 bridgehead atoms. The monoisotopic (exact) mass is 281 g/mol. The fourth-order valence-electron chi connectivity index (χ4n) is 3.74. The molecule has 0 spiro atoms. The van der Waals surface area contributed by atoms with Crippen LogP contribution in [0.4, 0.5) is 0 Å². The SMILES string of the molecule is CCCCN(CCC1CCCCN1C)CC1CCCN1. The Hall–Kier alpha value is -0.120. The van der Waals surface area contributed by atoms with E-state index in [1.165, 1.54) is 84.1 Å². The number of nitrogens with zero attached hydrogens (tertiary/aromatic N) is 2. The Kier molecular flexibility index (Phi) is 7.32. The highest BCUT2D eigenvalue weighted by molar-refractivity contribution is 4.80. The van der Waals surface area contributed by atoms with E-state index in [-0.39, 0.29) is 0 Å². The van der Waals surface area contributed by atoms with Crippen molar-refractivity contribution in [3.05, 3.63) is 0 Å². The van der Waals surface area contributed by atoms with Crippen molar-refractivity contribution in [1.29, 1.82) is 0 Å². The standard InChI is InChI=1S/C17H35N3/c1-3-4-13-20(15-16-8-7-11-18-16)14-10-17-9-5-6-12-19(17)2/h16-18H,3-15H2,1-2H3. The average molecular weight is 281 g/mol. The van der Waals surface area contributed by atoms with Gasteiger partial charge in [0.1, 0.15) is 0 Å². The molecule has 20 heavy (non-hydrogen) atoms. The summed E-state index contributed by atoms with van der Waals surface area (Å²) in [5, 5.41) is 3.66. The summed E-state index contributed by atoms with van der Waals surface area (Å²) in [7, 11) is 2.32. The van der Waals surface area contributed by atoms with Crippen molar-refractivity contribution in [2.75, 3.05) is 39.8 Å². The Bertz CT molecular complexity index is 251. The highest BCUT2D eigenvalue weighted by Crippen LogP contribution is 2.18. The summed E-state index contributed by atoms with van der Waals surface area (Å²) in [5.41, 5.74) is 0. The highest BCUT2D eigenvalue weighted by Gasteiger charge is 2.21. The molecule has 0 radical (unpaired) electrons. The lowest BCUT2D eigenvalue weighted by Crippen LogP contribution is -2.42. The van der Waals surface area contributed by atoms with Gasteiger partial charge in [-0.05, 0) is 71.8 Å². The van der Waals surface area contributed by atoms with Crippen molar-refractivity contribution in [2.45, 2.75) is 70.4 Å². The van der Waals surface area contributed by atoms with E-state index in [1.807, 2.05) is 0 Å². The summed E-state index contributed by atoms with van der Waals surface area (Å²) < 4.78 is 0. The fourth-order valence-corrected chi connectivity index (χ4v) is 3.74. The number of nitrogens with one attached hydrogen (secondary N) is 1. The van der Waals surface area contributed by atoms with E-state index in [0.29, 0.717) is 0 Å². The van der Waals surface area contributed by atoms with Crippen molar-refractivity contribution >= 4 is 0 Å². The number of likely N-dealkylation sites (tertiary alicyclic amines) is 1. The molecule has 2 aliphatic heterocycles. The minimum absolute atomic E-state index is 0.760. The first-order valence-corrected chi connectivity index (χ1v) is 8.95. The lowest BCUT2D eigenvalue weighted by Gasteiger charge is -2.34. The van der Waals surface area contributed by atoms with Crippen molar-refractivity contribution in [1.82, 2.24) is 15.1 Å². The van der Waals surface area contributed by atoms with Crippen molar-refractivity contribution in [2.24, 2.45) is 0 Å². The first-order chi connectivity index (χ1) is 9.79. The molecule has 2 saturated heterocycles. The molecule has 3 heteroatoms. The quantitative estimate of drug-likeness (QED) is 0.738. The molecule has 0 aromatic carbocycles. The van der Waals surface area contributed by atoms with Gasteiger partial charge in [0.2, 0.25) is 0 Å². The van der Waals surface area contributed by atoms with Gasteiger partial charge in [-0.3, -0.25) is 0 Å². The molecule has 2 aliphatic rings. The Morgan fingerprint density at radius 2 is 2.05 bits per heavy atom. The first-order valence-electron chi connectivity index (χ1n) is 8.95. The van der Waals surface area contributed by atoms with E-state index in [2.05, 4.69) is 29.1 Å². The molecular weight excluding hydrogens is 246 g/mol. The van der Waals surface area contributed by atoms with Gasteiger partial charge in [-0.1, -0.05) is 19.8 Å². The predicted octanol–water partition coefficient (Wildman–Crippen LogP) is 2.71. The number of hydrogen-bond donors (Lipinski definition) is 1. The van der Waals surface area contributed by atoms with E-state index in [4.69, 9.17) is 0 Å². The second-order valence-electron chi connectivity index (χ2n) is 6.87. The minimum atomic E-state index is 0.760. The van der Waals surface area contributed by atoms with Crippen LogP contribution in [0, 0.1) is 0 Å². The van der Waals surface area contributed by atoms with Gasteiger partial charge in [0.15, 0.2) is 0 Å². The van der Waals surface area contributed by atoms with Crippen LogP contribution in [-0.4, -0.2) is 61.7 Å². The molecule has 0 aliphatic carbocycles. The van der Waals surface area contributed by atoms with Gasteiger partial charge in [-0.25, -0.2) is 0 Å². The van der Waals surface area contributed by atoms with Gasteiger partial charge in [0, 0.05) is 18.6 Å². The van der Waals surface area contributed by atoms with E-state index in [9.17, 15) is 0 Å².